The van der Waals surface area contributed by atoms with Gasteiger partial charge in [-0.15, -0.1) is 0 Å². The van der Waals surface area contributed by atoms with Crippen molar-refractivity contribution in [1.29, 1.82) is 0 Å². The number of aryl methyl sites for hydroxylation is 2. The van der Waals surface area contributed by atoms with Gasteiger partial charge in [0.05, 0.1) is 6.54 Å². The van der Waals surface area contributed by atoms with Gasteiger partial charge in [0.15, 0.2) is 0 Å². The molecule has 3 N–H and O–H groups in total. The van der Waals surface area contributed by atoms with Gasteiger partial charge in [0, 0.05) is 11.7 Å². The number of benzene rings is 2. The van der Waals surface area contributed by atoms with Gasteiger partial charge in [-0.3, -0.25) is 15.0 Å². The molecule has 0 spiro atoms. The third kappa shape index (κ3) is 5.82. The molecule has 0 saturated heterocycles. The minimum absolute atomic E-state index is 0.0735. The number of nitrogens with one attached hydrogen (secondary N) is 2. The summed E-state index contributed by atoms with van der Waals surface area (Å²) in [6.07, 6.45) is 0. The highest BCUT2D eigenvalue weighted by Crippen LogP contribution is 2.23. The molecule has 0 aliphatic heterocycles. The van der Waals surface area contributed by atoms with E-state index in [0.717, 1.165) is 16.7 Å². The molecule has 0 radical (unpaired) electrons. The number of carbonyl (C=O) groups is 2. The van der Waals surface area contributed by atoms with Crippen LogP contribution >= 0.6 is 0 Å². The van der Waals surface area contributed by atoms with Crippen molar-refractivity contribution in [2.45, 2.75) is 33.7 Å². The Morgan fingerprint density at radius 3 is 2.48 bits per heavy atom. The number of urea groups is 1. The second kappa shape index (κ2) is 9.19. The SMILES string of the molecule is CCN(CC(=O)NC(=O)Nc1ccc(C)c(C)c1)C(C)c1cccc(O)c1. The molecular weight excluding hydrogens is 342 g/mol. The highest BCUT2D eigenvalue weighted by molar-refractivity contribution is 6.01. The Morgan fingerprint density at radius 2 is 1.85 bits per heavy atom. The molecule has 2 aromatic rings. The number of rotatable bonds is 6. The highest BCUT2D eigenvalue weighted by atomic mass is 16.3. The first-order chi connectivity index (χ1) is 12.8. The van der Waals surface area contributed by atoms with Gasteiger partial charge in [-0.05, 0) is 68.3 Å². The van der Waals surface area contributed by atoms with Gasteiger partial charge >= 0.3 is 6.03 Å². The summed E-state index contributed by atoms with van der Waals surface area (Å²) in [7, 11) is 0. The van der Waals surface area contributed by atoms with Gasteiger partial charge in [-0.2, -0.15) is 0 Å². The lowest BCUT2D eigenvalue weighted by Gasteiger charge is -2.27. The van der Waals surface area contributed by atoms with Crippen LogP contribution in [0.2, 0.25) is 0 Å². The minimum atomic E-state index is -0.552. The normalized spacial score (nSPS) is 11.9. The fourth-order valence-corrected chi connectivity index (χ4v) is 2.85. The van der Waals surface area contributed by atoms with Crippen LogP contribution in [0.5, 0.6) is 5.75 Å². The Hall–Kier alpha value is -2.86. The van der Waals surface area contributed by atoms with Gasteiger partial charge in [0.25, 0.3) is 0 Å². The van der Waals surface area contributed by atoms with E-state index in [4.69, 9.17) is 0 Å². The van der Waals surface area contributed by atoms with E-state index in [2.05, 4.69) is 10.6 Å². The van der Waals surface area contributed by atoms with Crippen molar-refractivity contribution >= 4 is 17.6 Å². The number of anilines is 1. The van der Waals surface area contributed by atoms with E-state index in [1.807, 2.05) is 50.8 Å². The molecule has 0 bridgehead atoms. The topological polar surface area (TPSA) is 81.7 Å². The number of aromatic hydroxyl groups is 1. The third-order valence-electron chi connectivity index (χ3n) is 4.67. The second-order valence-corrected chi connectivity index (χ2v) is 6.64. The average Bonchev–Trinajstić information content (AvgIpc) is 2.62. The summed E-state index contributed by atoms with van der Waals surface area (Å²) in [5.41, 5.74) is 3.75. The van der Waals surface area contributed by atoms with E-state index in [1.165, 1.54) is 0 Å². The molecule has 2 aromatic carbocycles. The molecule has 3 amide bonds. The third-order valence-corrected chi connectivity index (χ3v) is 4.67. The van der Waals surface area contributed by atoms with Crippen molar-refractivity contribution in [1.82, 2.24) is 10.2 Å². The van der Waals surface area contributed by atoms with Crippen molar-refractivity contribution in [2.75, 3.05) is 18.4 Å². The zero-order chi connectivity index (χ0) is 20.0. The fourth-order valence-electron chi connectivity index (χ4n) is 2.85. The number of imide groups is 1. The van der Waals surface area contributed by atoms with Gasteiger partial charge in [0.2, 0.25) is 5.91 Å². The van der Waals surface area contributed by atoms with Gasteiger partial charge < -0.3 is 10.4 Å². The fraction of sp³-hybridized carbons (Fsp3) is 0.333. The molecule has 1 unspecified atom stereocenters. The molecule has 27 heavy (non-hydrogen) atoms. The molecule has 0 aliphatic rings. The molecule has 0 aromatic heterocycles. The Kier molecular flexibility index (Phi) is 6.96. The molecule has 0 saturated carbocycles. The van der Waals surface area contributed by atoms with Crippen LogP contribution in [0.15, 0.2) is 42.5 Å². The number of nitrogens with zero attached hydrogens (tertiary/aromatic N) is 1. The summed E-state index contributed by atoms with van der Waals surface area (Å²) in [6, 6.07) is 11.9. The summed E-state index contributed by atoms with van der Waals surface area (Å²) in [5.74, 6) is -0.196. The first-order valence-electron chi connectivity index (χ1n) is 9.01. The summed E-state index contributed by atoms with van der Waals surface area (Å²) in [5, 5.41) is 14.7. The molecule has 144 valence electrons. The van der Waals surface area contributed by atoms with Crippen molar-refractivity contribution < 1.29 is 14.7 Å². The molecule has 6 heteroatoms. The van der Waals surface area contributed by atoms with Crippen LogP contribution in [0.3, 0.4) is 0 Å². The van der Waals surface area contributed by atoms with Crippen molar-refractivity contribution in [3.05, 3.63) is 59.2 Å². The lowest BCUT2D eigenvalue weighted by molar-refractivity contribution is -0.121. The van der Waals surface area contributed by atoms with Crippen molar-refractivity contribution in [3.8, 4) is 5.75 Å². The lowest BCUT2D eigenvalue weighted by Crippen LogP contribution is -2.42. The average molecular weight is 369 g/mol. The molecule has 0 fully saturated rings. The van der Waals surface area contributed by atoms with Crippen LogP contribution < -0.4 is 10.6 Å². The number of phenolic OH excluding ortho intramolecular Hbond substituents is 1. The van der Waals surface area contributed by atoms with Crippen molar-refractivity contribution in [2.24, 2.45) is 0 Å². The first kappa shape index (κ1) is 20.5. The zero-order valence-corrected chi connectivity index (χ0v) is 16.2. The number of hydrogen-bond donors (Lipinski definition) is 3. The van der Waals surface area contributed by atoms with Crippen LogP contribution in [-0.2, 0) is 4.79 Å². The summed E-state index contributed by atoms with van der Waals surface area (Å²) >= 11 is 0. The van der Waals surface area contributed by atoms with E-state index in [1.54, 1.807) is 24.3 Å². The molecule has 0 aliphatic carbocycles. The predicted molar refractivity (Wildman–Crippen MR) is 107 cm³/mol. The zero-order valence-electron chi connectivity index (χ0n) is 16.2. The number of likely N-dealkylation sites (N-methyl/N-ethyl adjacent to an activating group) is 1. The maximum Gasteiger partial charge on any atom is 0.325 e. The van der Waals surface area contributed by atoms with E-state index < -0.39 is 6.03 Å². The number of carbonyl (C=O) groups excluding carboxylic acids is 2. The summed E-state index contributed by atoms with van der Waals surface area (Å²) < 4.78 is 0. The summed E-state index contributed by atoms with van der Waals surface area (Å²) in [6.45, 7) is 8.57. The number of phenols is 1. The second-order valence-electron chi connectivity index (χ2n) is 6.64. The Balaban J connectivity index is 1.93. The van der Waals surface area contributed by atoms with Crippen LogP contribution in [0.1, 0.15) is 36.6 Å². The largest absolute Gasteiger partial charge is 0.508 e. The van der Waals surface area contributed by atoms with E-state index in [0.29, 0.717) is 12.2 Å². The molecule has 0 heterocycles. The van der Waals surface area contributed by atoms with Gasteiger partial charge in [-0.1, -0.05) is 25.1 Å². The van der Waals surface area contributed by atoms with E-state index in [9.17, 15) is 14.7 Å². The van der Waals surface area contributed by atoms with Crippen LogP contribution in [0, 0.1) is 13.8 Å². The van der Waals surface area contributed by atoms with Crippen LogP contribution in [-0.4, -0.2) is 35.0 Å². The maximum atomic E-state index is 12.3. The Labute approximate surface area is 160 Å². The lowest BCUT2D eigenvalue weighted by atomic mass is 10.1. The maximum absolute atomic E-state index is 12.3. The molecular formula is C21H27N3O3. The molecule has 6 nitrogen and oxygen atoms in total. The first-order valence-corrected chi connectivity index (χ1v) is 9.01. The highest BCUT2D eigenvalue weighted by Gasteiger charge is 2.19. The monoisotopic (exact) mass is 369 g/mol. The minimum Gasteiger partial charge on any atom is -0.508 e. The van der Waals surface area contributed by atoms with E-state index in [-0.39, 0.29) is 24.2 Å². The van der Waals surface area contributed by atoms with E-state index >= 15 is 0 Å². The van der Waals surface area contributed by atoms with Gasteiger partial charge in [0.1, 0.15) is 5.75 Å². The number of amides is 3. The summed E-state index contributed by atoms with van der Waals surface area (Å²) in [4.78, 5) is 26.3. The van der Waals surface area contributed by atoms with Crippen LogP contribution in [0.4, 0.5) is 10.5 Å². The molecule has 2 rings (SSSR count). The number of hydrogen-bond acceptors (Lipinski definition) is 4. The Morgan fingerprint density at radius 1 is 1.11 bits per heavy atom. The quantitative estimate of drug-likeness (QED) is 0.724. The van der Waals surface area contributed by atoms with Crippen molar-refractivity contribution in [3.63, 3.8) is 0 Å². The van der Waals surface area contributed by atoms with Gasteiger partial charge in [-0.25, -0.2) is 4.79 Å². The standard InChI is InChI=1S/C21H27N3O3/c1-5-24(16(4)17-7-6-8-19(25)12-17)13-20(26)23-21(27)22-18-10-9-14(2)15(3)11-18/h6-12,16,25H,5,13H2,1-4H3,(H2,22,23,26,27). The van der Waals surface area contributed by atoms with Crippen LogP contribution in [0.25, 0.3) is 0 Å². The smallest absolute Gasteiger partial charge is 0.325 e. The Bertz CT molecular complexity index is 820. The molecule has 1 atom stereocenters. The predicted octanol–water partition coefficient (Wildman–Crippen LogP) is 3.74.